The number of hydrogen-bond acceptors (Lipinski definition) is 1. The average Bonchev–Trinajstić information content (AvgIpc) is 2.37. The molecule has 0 aliphatic rings. The van der Waals surface area contributed by atoms with Crippen molar-refractivity contribution in [1.29, 1.82) is 0 Å². The van der Waals surface area contributed by atoms with Gasteiger partial charge in [-0.05, 0) is 30.5 Å². The van der Waals surface area contributed by atoms with Crippen LogP contribution in [0.1, 0.15) is 44.7 Å². The van der Waals surface area contributed by atoms with Crippen molar-refractivity contribution < 1.29 is 17.6 Å². The Labute approximate surface area is 117 Å². The molecule has 1 unspecified atom stereocenters. The summed E-state index contributed by atoms with van der Waals surface area (Å²) < 4.78 is 51.0. The minimum Gasteiger partial charge on any atom is -0.310 e. The number of halogens is 4. The van der Waals surface area contributed by atoms with E-state index in [9.17, 15) is 17.6 Å². The monoisotopic (exact) mass is 291 g/mol. The standard InChI is InChI=1S/C15H21F4N/c1-4-12(5-2)10(3)20-9-11-6-7-14(16)13(8-11)15(17,18)19/h6-8,10,12,20H,4-5,9H2,1-3H3. The van der Waals surface area contributed by atoms with Gasteiger partial charge in [0, 0.05) is 12.6 Å². The van der Waals surface area contributed by atoms with E-state index in [2.05, 4.69) is 19.2 Å². The molecule has 0 aromatic heterocycles. The second kappa shape index (κ2) is 7.07. The van der Waals surface area contributed by atoms with Crippen LogP contribution in [-0.4, -0.2) is 6.04 Å². The minimum absolute atomic E-state index is 0.212. The van der Waals surface area contributed by atoms with Crippen molar-refractivity contribution in [3.63, 3.8) is 0 Å². The van der Waals surface area contributed by atoms with Gasteiger partial charge >= 0.3 is 6.18 Å². The lowest BCUT2D eigenvalue weighted by Gasteiger charge is -2.22. The lowest BCUT2D eigenvalue weighted by atomic mass is 9.95. The molecule has 1 aromatic rings. The van der Waals surface area contributed by atoms with E-state index in [1.54, 1.807) is 0 Å². The van der Waals surface area contributed by atoms with E-state index in [4.69, 9.17) is 0 Å². The van der Waals surface area contributed by atoms with Gasteiger partial charge in [0.1, 0.15) is 5.82 Å². The van der Waals surface area contributed by atoms with Gasteiger partial charge in [0.25, 0.3) is 0 Å². The first-order chi connectivity index (χ1) is 9.29. The topological polar surface area (TPSA) is 12.0 Å². The SMILES string of the molecule is CCC(CC)C(C)NCc1ccc(F)c(C(F)(F)F)c1. The highest BCUT2D eigenvalue weighted by Crippen LogP contribution is 2.31. The van der Waals surface area contributed by atoms with Crippen LogP contribution in [0.5, 0.6) is 0 Å². The molecule has 1 N–H and O–H groups in total. The van der Waals surface area contributed by atoms with Crippen LogP contribution in [0.4, 0.5) is 17.6 Å². The smallest absolute Gasteiger partial charge is 0.310 e. The molecule has 0 aliphatic heterocycles. The van der Waals surface area contributed by atoms with Crippen LogP contribution in [0, 0.1) is 11.7 Å². The molecular weight excluding hydrogens is 270 g/mol. The van der Waals surface area contributed by atoms with Crippen LogP contribution in [0.3, 0.4) is 0 Å². The summed E-state index contributed by atoms with van der Waals surface area (Å²) in [6, 6.07) is 3.35. The molecular formula is C15H21F4N. The Hall–Kier alpha value is -1.10. The molecule has 0 heterocycles. The maximum absolute atomic E-state index is 13.2. The van der Waals surface area contributed by atoms with E-state index in [-0.39, 0.29) is 6.04 Å². The first-order valence-corrected chi connectivity index (χ1v) is 6.88. The highest BCUT2D eigenvalue weighted by Gasteiger charge is 2.34. The summed E-state index contributed by atoms with van der Waals surface area (Å²) in [5, 5.41) is 3.21. The van der Waals surface area contributed by atoms with Crippen LogP contribution in [0.2, 0.25) is 0 Å². The summed E-state index contributed by atoms with van der Waals surface area (Å²) in [7, 11) is 0. The minimum atomic E-state index is -4.65. The van der Waals surface area contributed by atoms with Gasteiger partial charge in [-0.1, -0.05) is 32.8 Å². The number of nitrogens with one attached hydrogen (secondary N) is 1. The van der Waals surface area contributed by atoms with Gasteiger partial charge in [-0.2, -0.15) is 13.2 Å². The zero-order valence-electron chi connectivity index (χ0n) is 12.0. The summed E-state index contributed by atoms with van der Waals surface area (Å²) in [6.45, 7) is 6.50. The molecule has 1 atom stereocenters. The van der Waals surface area contributed by atoms with Crippen molar-refractivity contribution in [2.45, 2.75) is 52.4 Å². The zero-order valence-corrected chi connectivity index (χ0v) is 12.0. The maximum Gasteiger partial charge on any atom is 0.419 e. The fourth-order valence-electron chi connectivity index (χ4n) is 2.34. The second-order valence-electron chi connectivity index (χ2n) is 5.06. The van der Waals surface area contributed by atoms with Crippen molar-refractivity contribution in [2.75, 3.05) is 0 Å². The van der Waals surface area contributed by atoms with Crippen LogP contribution >= 0.6 is 0 Å². The molecule has 0 radical (unpaired) electrons. The predicted molar refractivity (Wildman–Crippen MR) is 71.8 cm³/mol. The molecule has 1 rings (SSSR count). The van der Waals surface area contributed by atoms with Gasteiger partial charge < -0.3 is 5.32 Å². The Morgan fingerprint density at radius 3 is 2.25 bits per heavy atom. The first-order valence-electron chi connectivity index (χ1n) is 6.88. The molecule has 5 heteroatoms. The predicted octanol–water partition coefficient (Wildman–Crippen LogP) is 4.76. The Bertz CT molecular complexity index is 424. The van der Waals surface area contributed by atoms with Crippen molar-refractivity contribution in [2.24, 2.45) is 5.92 Å². The summed E-state index contributed by atoms with van der Waals surface area (Å²) >= 11 is 0. The summed E-state index contributed by atoms with van der Waals surface area (Å²) in [5.74, 6) is -0.744. The molecule has 1 aromatic carbocycles. The first kappa shape index (κ1) is 17.0. The third-order valence-corrected chi connectivity index (χ3v) is 3.72. The molecule has 0 saturated heterocycles. The summed E-state index contributed by atoms with van der Waals surface area (Å²) in [6.07, 6.45) is -2.62. The van der Waals surface area contributed by atoms with Gasteiger partial charge in [-0.3, -0.25) is 0 Å². The third-order valence-electron chi connectivity index (χ3n) is 3.72. The lowest BCUT2D eigenvalue weighted by molar-refractivity contribution is -0.140. The fourth-order valence-corrected chi connectivity index (χ4v) is 2.34. The van der Waals surface area contributed by atoms with Crippen LogP contribution < -0.4 is 5.32 Å². The molecule has 114 valence electrons. The van der Waals surface area contributed by atoms with E-state index < -0.39 is 17.6 Å². The quantitative estimate of drug-likeness (QED) is 0.745. The summed E-state index contributed by atoms with van der Waals surface area (Å²) in [4.78, 5) is 0. The Morgan fingerprint density at radius 1 is 1.15 bits per heavy atom. The van der Waals surface area contributed by atoms with Gasteiger partial charge in [-0.15, -0.1) is 0 Å². The van der Waals surface area contributed by atoms with Gasteiger partial charge in [0.2, 0.25) is 0 Å². The van der Waals surface area contributed by atoms with Crippen molar-refractivity contribution in [3.05, 3.63) is 35.1 Å². The fraction of sp³-hybridized carbons (Fsp3) is 0.600. The second-order valence-corrected chi connectivity index (χ2v) is 5.06. The molecule has 0 bridgehead atoms. The van der Waals surface area contributed by atoms with Crippen LogP contribution in [-0.2, 0) is 12.7 Å². The number of alkyl halides is 3. The number of hydrogen-bond donors (Lipinski definition) is 1. The molecule has 0 saturated carbocycles. The van der Waals surface area contributed by atoms with Crippen LogP contribution in [0.25, 0.3) is 0 Å². The van der Waals surface area contributed by atoms with Gasteiger partial charge in [0.05, 0.1) is 5.56 Å². The van der Waals surface area contributed by atoms with Crippen molar-refractivity contribution >= 4 is 0 Å². The largest absolute Gasteiger partial charge is 0.419 e. The molecule has 0 amide bonds. The van der Waals surface area contributed by atoms with E-state index in [0.29, 0.717) is 18.0 Å². The highest BCUT2D eigenvalue weighted by molar-refractivity contribution is 5.27. The van der Waals surface area contributed by atoms with Crippen molar-refractivity contribution in [1.82, 2.24) is 5.32 Å². The van der Waals surface area contributed by atoms with E-state index >= 15 is 0 Å². The molecule has 1 nitrogen and oxygen atoms in total. The zero-order chi connectivity index (χ0) is 15.3. The number of benzene rings is 1. The molecule has 0 spiro atoms. The van der Waals surface area contributed by atoms with Gasteiger partial charge in [0.15, 0.2) is 0 Å². The lowest BCUT2D eigenvalue weighted by Crippen LogP contribution is -2.32. The summed E-state index contributed by atoms with van der Waals surface area (Å²) in [5.41, 5.74) is -0.761. The number of rotatable bonds is 6. The van der Waals surface area contributed by atoms with Crippen molar-refractivity contribution in [3.8, 4) is 0 Å². The molecule has 20 heavy (non-hydrogen) atoms. The Morgan fingerprint density at radius 2 is 1.75 bits per heavy atom. The van der Waals surface area contributed by atoms with Crippen LogP contribution in [0.15, 0.2) is 18.2 Å². The molecule has 0 fully saturated rings. The highest BCUT2D eigenvalue weighted by atomic mass is 19.4. The van der Waals surface area contributed by atoms with E-state index in [0.717, 1.165) is 25.0 Å². The normalized spacial score (nSPS) is 13.8. The maximum atomic E-state index is 13.2. The average molecular weight is 291 g/mol. The Balaban J connectivity index is 2.75. The van der Waals surface area contributed by atoms with Gasteiger partial charge in [-0.25, -0.2) is 4.39 Å². The van der Waals surface area contributed by atoms with E-state index in [1.165, 1.54) is 6.07 Å². The van der Waals surface area contributed by atoms with E-state index in [1.807, 2.05) is 6.92 Å². The molecule has 0 aliphatic carbocycles. The Kier molecular flexibility index (Phi) is 5.99. The third kappa shape index (κ3) is 4.47.